The Kier molecular flexibility index (Phi) is 4.74. The molecule has 1 unspecified atom stereocenters. The Bertz CT molecular complexity index is 281. The van der Waals surface area contributed by atoms with E-state index in [1.807, 2.05) is 27.7 Å². The molecule has 15 heavy (non-hydrogen) atoms. The van der Waals surface area contributed by atoms with Crippen molar-refractivity contribution in [3.8, 4) is 0 Å². The van der Waals surface area contributed by atoms with Crippen LogP contribution in [-0.4, -0.2) is 32.9 Å². The van der Waals surface area contributed by atoms with Gasteiger partial charge >= 0.3 is 29.6 Å². The fourth-order valence-electron chi connectivity index (χ4n) is 1.98. The molecule has 80 valence electrons. The minimum atomic E-state index is -1.19. The van der Waals surface area contributed by atoms with Gasteiger partial charge in [-0.2, -0.15) is 0 Å². The van der Waals surface area contributed by atoms with Crippen LogP contribution in [0.15, 0.2) is 0 Å². The van der Waals surface area contributed by atoms with Crippen molar-refractivity contribution in [3.63, 3.8) is 0 Å². The molecule has 0 aromatic heterocycles. The summed E-state index contributed by atoms with van der Waals surface area (Å²) in [5.41, 5.74) is 0. The number of hydrogen-bond donors (Lipinski definition) is 0. The number of nitrogens with zero attached hydrogens (tertiary/aromatic N) is 1. The van der Waals surface area contributed by atoms with E-state index in [-0.39, 0.29) is 29.6 Å². The molecule has 1 amide bonds. The first-order chi connectivity index (χ1) is 6.22. The van der Waals surface area contributed by atoms with Crippen molar-refractivity contribution in [3.05, 3.63) is 0 Å². The van der Waals surface area contributed by atoms with E-state index in [0.29, 0.717) is 6.41 Å². The molecule has 0 spiro atoms. The number of carboxylic acids is 1. The minimum absolute atomic E-state index is 0. The van der Waals surface area contributed by atoms with Gasteiger partial charge < -0.3 is 14.8 Å². The Hall–Kier alpha value is 0.290. The van der Waals surface area contributed by atoms with Gasteiger partial charge in [-0.1, -0.05) is 0 Å². The van der Waals surface area contributed by atoms with Crippen molar-refractivity contribution in [1.82, 2.24) is 4.90 Å². The van der Waals surface area contributed by atoms with E-state index in [2.05, 4.69) is 0 Å². The summed E-state index contributed by atoms with van der Waals surface area (Å²) in [4.78, 5) is 22.6. The Balaban J connectivity index is 0.00000196. The monoisotopic (exact) mass is 239 g/mol. The predicted octanol–water partition coefficient (Wildman–Crippen LogP) is -3.17. The first kappa shape index (κ1) is 15.3. The van der Waals surface area contributed by atoms with E-state index in [1.54, 1.807) is 0 Å². The second kappa shape index (κ2) is 4.65. The topological polar surface area (TPSA) is 60.4 Å². The number of hydrogen-bond acceptors (Lipinski definition) is 4. The fraction of sp³-hybridized carbons (Fsp3) is 0.778. The van der Waals surface area contributed by atoms with Gasteiger partial charge in [-0.25, -0.2) is 0 Å². The first-order valence-electron chi connectivity index (χ1n) is 4.37. The average Bonchev–Trinajstić information content (AvgIpc) is 2.13. The van der Waals surface area contributed by atoms with Crippen molar-refractivity contribution >= 4 is 24.1 Å². The first-order valence-corrected chi connectivity index (χ1v) is 5.19. The summed E-state index contributed by atoms with van der Waals surface area (Å²) in [6.07, 6.45) is 0.586. The standard InChI is InChI=1S/C9H15NO3S.Na/c1-8(2)6(7(12)13)10(5-11)9(3,4)14-8;/h5-6H,1-4H3,(H,12,13);/q;+1/p-1. The number of carboxylic acid groups (broad SMARTS) is 1. The zero-order valence-corrected chi connectivity index (χ0v) is 12.6. The predicted molar refractivity (Wildman–Crippen MR) is 52.4 cm³/mol. The van der Waals surface area contributed by atoms with E-state index in [4.69, 9.17) is 0 Å². The van der Waals surface area contributed by atoms with Crippen LogP contribution in [0.2, 0.25) is 0 Å². The van der Waals surface area contributed by atoms with E-state index in [0.717, 1.165) is 0 Å². The molecule has 1 saturated heterocycles. The third-order valence-corrected chi connectivity index (χ3v) is 3.87. The largest absolute Gasteiger partial charge is 1.00 e. The summed E-state index contributed by atoms with van der Waals surface area (Å²) in [5.74, 6) is -1.19. The summed E-state index contributed by atoms with van der Waals surface area (Å²) in [7, 11) is 0. The molecular formula is C9H14NNaO3S. The molecule has 1 fully saturated rings. The van der Waals surface area contributed by atoms with Crippen LogP contribution in [0, 0.1) is 0 Å². The molecule has 0 aromatic carbocycles. The van der Waals surface area contributed by atoms with Gasteiger partial charge in [0.1, 0.15) is 0 Å². The van der Waals surface area contributed by atoms with Gasteiger partial charge in [0.15, 0.2) is 0 Å². The third-order valence-electron chi connectivity index (χ3n) is 2.41. The minimum Gasteiger partial charge on any atom is -0.548 e. The maximum absolute atomic E-state index is 10.9. The van der Waals surface area contributed by atoms with Gasteiger partial charge in [0.25, 0.3) is 0 Å². The number of aliphatic carboxylic acids is 1. The number of amides is 1. The van der Waals surface area contributed by atoms with Crippen LogP contribution in [-0.2, 0) is 9.59 Å². The van der Waals surface area contributed by atoms with Gasteiger partial charge in [-0.3, -0.25) is 4.79 Å². The molecular weight excluding hydrogens is 225 g/mol. The normalized spacial score (nSPS) is 26.9. The summed E-state index contributed by atoms with van der Waals surface area (Å²) in [5, 5.41) is 10.9. The summed E-state index contributed by atoms with van der Waals surface area (Å²) >= 11 is 1.47. The van der Waals surface area contributed by atoms with Crippen LogP contribution in [0.5, 0.6) is 0 Å². The molecule has 0 N–H and O–H groups in total. The molecule has 0 bridgehead atoms. The van der Waals surface area contributed by atoms with Crippen LogP contribution in [0.3, 0.4) is 0 Å². The smallest absolute Gasteiger partial charge is 0.548 e. The molecule has 1 heterocycles. The van der Waals surface area contributed by atoms with E-state index < -0.39 is 21.6 Å². The number of carbonyl (C=O) groups excluding carboxylic acids is 2. The van der Waals surface area contributed by atoms with Crippen LogP contribution < -0.4 is 34.7 Å². The molecule has 1 aliphatic heterocycles. The number of thioether (sulfide) groups is 1. The fourth-order valence-corrected chi connectivity index (χ4v) is 3.85. The van der Waals surface area contributed by atoms with Gasteiger partial charge in [0.2, 0.25) is 6.41 Å². The molecule has 6 heteroatoms. The second-order valence-corrected chi connectivity index (χ2v) is 6.64. The zero-order valence-electron chi connectivity index (χ0n) is 9.73. The molecule has 1 aliphatic rings. The van der Waals surface area contributed by atoms with Crippen LogP contribution in [0.1, 0.15) is 27.7 Å². The van der Waals surface area contributed by atoms with Gasteiger partial charge in [-0.15, -0.1) is 11.8 Å². The van der Waals surface area contributed by atoms with Crippen molar-refractivity contribution < 1.29 is 44.3 Å². The molecule has 0 aromatic rings. The Labute approximate surface area is 116 Å². The maximum atomic E-state index is 10.9. The summed E-state index contributed by atoms with van der Waals surface area (Å²) in [6.45, 7) is 7.28. The zero-order chi connectivity index (χ0) is 11.1. The molecule has 0 aliphatic carbocycles. The molecule has 1 atom stereocenters. The van der Waals surface area contributed by atoms with Crippen molar-refractivity contribution in [2.24, 2.45) is 0 Å². The Morgan fingerprint density at radius 1 is 1.40 bits per heavy atom. The summed E-state index contributed by atoms with van der Waals surface area (Å²) in [6, 6.07) is -0.861. The summed E-state index contributed by atoms with van der Waals surface area (Å²) < 4.78 is -0.511. The number of rotatable bonds is 2. The maximum Gasteiger partial charge on any atom is 1.00 e. The molecule has 0 saturated carbocycles. The van der Waals surface area contributed by atoms with Gasteiger partial charge in [0.05, 0.1) is 16.9 Å². The molecule has 0 radical (unpaired) electrons. The van der Waals surface area contributed by atoms with E-state index >= 15 is 0 Å². The molecule has 4 nitrogen and oxygen atoms in total. The third kappa shape index (κ3) is 2.70. The van der Waals surface area contributed by atoms with Crippen molar-refractivity contribution in [2.45, 2.75) is 43.4 Å². The van der Waals surface area contributed by atoms with Crippen LogP contribution >= 0.6 is 11.8 Å². The number of carbonyl (C=O) groups is 2. The SMILES string of the molecule is CC1(C)SC(C)(C)N(C=O)C1C(=O)[O-].[Na+]. The molecule has 1 rings (SSSR count). The van der Waals surface area contributed by atoms with Crippen LogP contribution in [0.4, 0.5) is 0 Å². The quantitative estimate of drug-likeness (QED) is 0.377. The van der Waals surface area contributed by atoms with Crippen molar-refractivity contribution in [2.75, 3.05) is 0 Å². The van der Waals surface area contributed by atoms with Crippen LogP contribution in [0.25, 0.3) is 0 Å². The van der Waals surface area contributed by atoms with Gasteiger partial charge in [-0.05, 0) is 27.7 Å². The van der Waals surface area contributed by atoms with E-state index in [9.17, 15) is 14.7 Å². The van der Waals surface area contributed by atoms with Crippen molar-refractivity contribution in [1.29, 1.82) is 0 Å². The Morgan fingerprint density at radius 3 is 2.13 bits per heavy atom. The Morgan fingerprint density at radius 2 is 1.87 bits per heavy atom. The second-order valence-electron chi connectivity index (χ2n) is 4.39. The average molecular weight is 239 g/mol. The van der Waals surface area contributed by atoms with Gasteiger partial charge in [0, 0.05) is 4.75 Å². The van der Waals surface area contributed by atoms with E-state index in [1.165, 1.54) is 16.7 Å².